The lowest BCUT2D eigenvalue weighted by atomic mass is 9.96. The Kier molecular flexibility index (Phi) is 6.84. The zero-order chi connectivity index (χ0) is 18.2. The van der Waals surface area contributed by atoms with Crippen molar-refractivity contribution in [2.24, 2.45) is 0 Å². The van der Waals surface area contributed by atoms with E-state index in [4.69, 9.17) is 0 Å². The molecule has 0 atom stereocenters. The van der Waals surface area contributed by atoms with E-state index in [9.17, 15) is 9.59 Å². The molecule has 26 heavy (non-hydrogen) atoms. The Morgan fingerprint density at radius 2 is 1.85 bits per heavy atom. The van der Waals surface area contributed by atoms with Crippen molar-refractivity contribution in [1.29, 1.82) is 0 Å². The van der Waals surface area contributed by atoms with Crippen LogP contribution in [0.3, 0.4) is 0 Å². The van der Waals surface area contributed by atoms with Crippen LogP contribution in [-0.4, -0.2) is 33.8 Å². The first-order chi connectivity index (χ1) is 12.7. The van der Waals surface area contributed by atoms with Crippen LogP contribution in [0.5, 0.6) is 0 Å². The van der Waals surface area contributed by atoms with Crippen LogP contribution in [-0.2, 0) is 4.79 Å². The van der Waals surface area contributed by atoms with E-state index in [-0.39, 0.29) is 17.6 Å². The summed E-state index contributed by atoms with van der Waals surface area (Å²) < 4.78 is 0.729. The van der Waals surface area contributed by atoms with Gasteiger partial charge in [-0.3, -0.25) is 20.4 Å². The molecule has 138 valence electrons. The first kappa shape index (κ1) is 18.7. The van der Waals surface area contributed by atoms with Crippen molar-refractivity contribution < 1.29 is 9.59 Å². The highest BCUT2D eigenvalue weighted by Gasteiger charge is 2.15. The van der Waals surface area contributed by atoms with E-state index >= 15 is 0 Å². The summed E-state index contributed by atoms with van der Waals surface area (Å²) in [6.45, 7) is 0. The molecule has 1 aliphatic rings. The summed E-state index contributed by atoms with van der Waals surface area (Å²) in [6, 6.07) is 9.19. The molecule has 1 aliphatic carbocycles. The number of thioether (sulfide) groups is 1. The number of aromatic nitrogens is 2. The molecule has 0 radical (unpaired) electrons. The summed E-state index contributed by atoms with van der Waals surface area (Å²) in [5.41, 5.74) is 5.29. The molecule has 0 aliphatic heterocycles. The van der Waals surface area contributed by atoms with Crippen LogP contribution in [0.2, 0.25) is 0 Å². The highest BCUT2D eigenvalue weighted by atomic mass is 32.2. The molecular weight excluding hydrogens is 370 g/mol. The minimum Gasteiger partial charge on any atom is -0.357 e. The zero-order valence-corrected chi connectivity index (χ0v) is 15.9. The summed E-state index contributed by atoms with van der Waals surface area (Å²) in [5.74, 6) is -0.484. The van der Waals surface area contributed by atoms with E-state index < -0.39 is 0 Å². The summed E-state index contributed by atoms with van der Waals surface area (Å²) in [4.78, 5) is 23.7. The smallest absolute Gasteiger partial charge is 0.269 e. The largest absolute Gasteiger partial charge is 0.357 e. The number of hydrogen-bond acceptors (Lipinski definition) is 7. The molecule has 0 saturated heterocycles. The topological polar surface area (TPSA) is 96.0 Å². The van der Waals surface area contributed by atoms with Gasteiger partial charge in [0, 0.05) is 11.6 Å². The molecule has 1 aromatic carbocycles. The lowest BCUT2D eigenvalue weighted by molar-refractivity contribution is -0.119. The summed E-state index contributed by atoms with van der Waals surface area (Å²) >= 11 is 2.75. The lowest BCUT2D eigenvalue weighted by Gasteiger charge is -2.21. The molecule has 9 heteroatoms. The predicted molar refractivity (Wildman–Crippen MR) is 103 cm³/mol. The zero-order valence-electron chi connectivity index (χ0n) is 14.2. The van der Waals surface area contributed by atoms with Crippen LogP contribution in [0.15, 0.2) is 34.7 Å². The first-order valence-electron chi connectivity index (χ1n) is 8.58. The number of carbonyl (C=O) groups excluding carboxylic acids is 2. The van der Waals surface area contributed by atoms with Crippen LogP contribution in [0.1, 0.15) is 42.5 Å². The number of amides is 2. The number of anilines is 1. The molecule has 1 fully saturated rings. The summed E-state index contributed by atoms with van der Waals surface area (Å²) in [7, 11) is 0. The molecule has 3 N–H and O–H groups in total. The third-order valence-corrected chi connectivity index (χ3v) is 6.01. The van der Waals surface area contributed by atoms with E-state index in [1.165, 1.54) is 55.2 Å². The molecule has 2 aromatic rings. The number of rotatable bonds is 6. The Bertz CT molecular complexity index is 732. The minimum atomic E-state index is -0.348. The maximum atomic E-state index is 11.9. The van der Waals surface area contributed by atoms with Crippen molar-refractivity contribution in [3.05, 3.63) is 35.9 Å². The van der Waals surface area contributed by atoms with E-state index in [0.29, 0.717) is 11.6 Å². The molecule has 0 bridgehead atoms. The molecule has 2 amide bonds. The van der Waals surface area contributed by atoms with Gasteiger partial charge in [-0.05, 0) is 25.0 Å². The standard InChI is InChI=1S/C17H21N5O2S2/c23-14(19-20-15(24)12-7-3-1-4-8-12)11-25-17-22-21-16(26-17)18-13-9-5-2-6-10-13/h1,3-4,7-8,13H,2,5-6,9-11H2,(H,18,21)(H,19,23)(H,20,24). The van der Waals surface area contributed by atoms with Crippen LogP contribution >= 0.6 is 23.1 Å². The fraction of sp³-hybridized carbons (Fsp3) is 0.412. The Labute approximate surface area is 160 Å². The van der Waals surface area contributed by atoms with E-state index in [1.54, 1.807) is 24.3 Å². The van der Waals surface area contributed by atoms with Crippen LogP contribution in [0.4, 0.5) is 5.13 Å². The minimum absolute atomic E-state index is 0.160. The molecule has 1 heterocycles. The van der Waals surface area contributed by atoms with Gasteiger partial charge in [-0.1, -0.05) is 60.6 Å². The fourth-order valence-corrected chi connectivity index (χ4v) is 4.33. The Morgan fingerprint density at radius 3 is 2.62 bits per heavy atom. The highest BCUT2D eigenvalue weighted by Crippen LogP contribution is 2.28. The van der Waals surface area contributed by atoms with Gasteiger partial charge in [-0.2, -0.15) is 0 Å². The molecule has 3 rings (SSSR count). The van der Waals surface area contributed by atoms with Crippen molar-refractivity contribution in [3.8, 4) is 0 Å². The maximum absolute atomic E-state index is 11.9. The lowest BCUT2D eigenvalue weighted by Crippen LogP contribution is -2.42. The van der Waals surface area contributed by atoms with Crippen molar-refractivity contribution in [2.45, 2.75) is 42.5 Å². The number of benzene rings is 1. The van der Waals surface area contributed by atoms with Gasteiger partial charge in [0.05, 0.1) is 5.75 Å². The quantitative estimate of drug-likeness (QED) is 0.518. The molecule has 1 saturated carbocycles. The van der Waals surface area contributed by atoms with Crippen molar-refractivity contribution >= 4 is 40.0 Å². The van der Waals surface area contributed by atoms with Crippen LogP contribution < -0.4 is 16.2 Å². The first-order valence-corrected chi connectivity index (χ1v) is 10.4. The monoisotopic (exact) mass is 391 g/mol. The summed E-state index contributed by atoms with van der Waals surface area (Å²) in [6.07, 6.45) is 6.17. The van der Waals surface area contributed by atoms with Gasteiger partial charge in [0.1, 0.15) is 0 Å². The predicted octanol–water partition coefficient (Wildman–Crippen LogP) is 2.84. The van der Waals surface area contributed by atoms with Crippen LogP contribution in [0, 0.1) is 0 Å². The van der Waals surface area contributed by atoms with E-state index in [2.05, 4.69) is 26.4 Å². The Hall–Kier alpha value is -2.13. The molecular formula is C17H21N5O2S2. The van der Waals surface area contributed by atoms with Gasteiger partial charge < -0.3 is 5.32 Å². The number of nitrogens with one attached hydrogen (secondary N) is 3. The average Bonchev–Trinajstić information content (AvgIpc) is 3.13. The molecule has 0 unspecified atom stereocenters. The van der Waals surface area contributed by atoms with Crippen molar-refractivity contribution in [2.75, 3.05) is 11.1 Å². The second kappa shape index (κ2) is 9.54. The van der Waals surface area contributed by atoms with Crippen molar-refractivity contribution in [1.82, 2.24) is 21.0 Å². The van der Waals surface area contributed by atoms with Crippen LogP contribution in [0.25, 0.3) is 0 Å². The number of nitrogens with zero attached hydrogens (tertiary/aromatic N) is 2. The summed E-state index contributed by atoms with van der Waals surface area (Å²) in [5, 5.41) is 12.5. The second-order valence-corrected chi connectivity index (χ2v) is 8.21. The van der Waals surface area contributed by atoms with Gasteiger partial charge in [0.15, 0.2) is 4.34 Å². The normalized spacial score (nSPS) is 14.6. The SMILES string of the molecule is O=C(CSc1nnc(NC2CCCCC2)s1)NNC(=O)c1ccccc1. The molecule has 7 nitrogen and oxygen atoms in total. The number of carbonyl (C=O) groups is 2. The van der Waals surface area contributed by atoms with Gasteiger partial charge in [-0.15, -0.1) is 10.2 Å². The van der Waals surface area contributed by atoms with Gasteiger partial charge in [-0.25, -0.2) is 0 Å². The molecule has 1 aromatic heterocycles. The van der Waals surface area contributed by atoms with Gasteiger partial charge in [0.25, 0.3) is 5.91 Å². The van der Waals surface area contributed by atoms with E-state index in [1.807, 2.05) is 6.07 Å². The number of hydrogen-bond donors (Lipinski definition) is 3. The Morgan fingerprint density at radius 1 is 1.08 bits per heavy atom. The number of hydrazine groups is 1. The van der Waals surface area contributed by atoms with Gasteiger partial charge >= 0.3 is 0 Å². The Balaban J connectivity index is 1.38. The fourth-order valence-electron chi connectivity index (χ4n) is 2.70. The maximum Gasteiger partial charge on any atom is 0.269 e. The third-order valence-electron chi connectivity index (χ3n) is 4.02. The van der Waals surface area contributed by atoms with E-state index in [0.717, 1.165) is 9.47 Å². The van der Waals surface area contributed by atoms with Gasteiger partial charge in [0.2, 0.25) is 11.0 Å². The van der Waals surface area contributed by atoms with Crippen molar-refractivity contribution in [3.63, 3.8) is 0 Å². The third kappa shape index (κ3) is 5.70. The average molecular weight is 392 g/mol. The molecule has 0 spiro atoms. The second-order valence-electron chi connectivity index (χ2n) is 6.01. The highest BCUT2D eigenvalue weighted by molar-refractivity contribution is 8.01.